The first kappa shape index (κ1) is 16.3. The summed E-state index contributed by atoms with van der Waals surface area (Å²) in [4.78, 5) is 11.7. The van der Waals surface area contributed by atoms with E-state index < -0.39 is 31.7 Å². The molecule has 1 aromatic heterocycles. The summed E-state index contributed by atoms with van der Waals surface area (Å²) in [5.41, 5.74) is 4.19. The third kappa shape index (κ3) is 2.27. The molecule has 0 unspecified atom stereocenters. The molecule has 3 rings (SSSR count). The first-order chi connectivity index (χ1) is 10.7. The fourth-order valence-corrected chi connectivity index (χ4v) is 5.47. The van der Waals surface area contributed by atoms with Crippen molar-refractivity contribution in [1.29, 1.82) is 0 Å². The minimum atomic E-state index is -3.70. The number of halogens is 2. The fraction of sp³-hybridized carbons (Fsp3) is 0.500. The van der Waals surface area contributed by atoms with Crippen molar-refractivity contribution in [3.05, 3.63) is 35.6 Å². The molecule has 0 amide bonds. The van der Waals surface area contributed by atoms with Crippen LogP contribution in [0.4, 0.5) is 4.39 Å². The van der Waals surface area contributed by atoms with Crippen molar-refractivity contribution in [1.82, 2.24) is 9.97 Å². The van der Waals surface area contributed by atoms with Gasteiger partial charge >= 0.3 is 0 Å². The molecular weight excluding hydrogens is 343 g/mol. The summed E-state index contributed by atoms with van der Waals surface area (Å²) in [5, 5.41) is -0.204. The number of nitrogens with zero attached hydrogens (tertiary/aromatic N) is 3. The lowest BCUT2D eigenvalue weighted by atomic mass is 9.95. The number of aromatic nitrogens is 2. The van der Waals surface area contributed by atoms with E-state index in [2.05, 4.69) is 21.5 Å². The highest BCUT2D eigenvalue weighted by Crippen LogP contribution is 2.49. The Hall–Kier alpha value is -1.54. The first-order valence-electron chi connectivity index (χ1n) is 7.06. The minimum absolute atomic E-state index is 0.0414. The molecule has 1 fully saturated rings. The van der Waals surface area contributed by atoms with Crippen LogP contribution in [0.15, 0.2) is 23.8 Å². The van der Waals surface area contributed by atoms with Crippen LogP contribution in [0.3, 0.4) is 0 Å². The maximum Gasteiger partial charge on any atom is 0.222 e. The van der Waals surface area contributed by atoms with Gasteiger partial charge in [-0.2, -0.15) is 0 Å². The van der Waals surface area contributed by atoms with Crippen molar-refractivity contribution in [2.45, 2.75) is 30.1 Å². The van der Waals surface area contributed by atoms with Crippen molar-refractivity contribution in [2.24, 2.45) is 16.6 Å². The Morgan fingerprint density at radius 3 is 2.70 bits per heavy atom. The molecule has 124 valence electrons. The Morgan fingerprint density at radius 1 is 1.52 bits per heavy atom. The lowest BCUT2D eigenvalue weighted by Crippen LogP contribution is -2.58. The van der Waals surface area contributed by atoms with Crippen molar-refractivity contribution in [3.63, 3.8) is 0 Å². The van der Waals surface area contributed by atoms with E-state index in [9.17, 15) is 12.8 Å². The molecule has 0 spiro atoms. The number of hydrogen-bond acceptors (Lipinski definition) is 6. The second-order valence-electron chi connectivity index (χ2n) is 6.10. The Labute approximate surface area is 138 Å². The van der Waals surface area contributed by atoms with Gasteiger partial charge in [0, 0.05) is 0 Å². The second-order valence-corrected chi connectivity index (χ2v) is 8.81. The third-order valence-corrected chi connectivity index (χ3v) is 7.54. The standard InChI is InChI=1S/C14H16ClFN4O2S/c1-3-14(10-9(16)6-18-12(15)19-10)7-23(21,22)13(2,8-4-5-8)11(17)20-14/h3,6,8H,1,4-5,7H2,2H3,(H2,17,20)/t13-,14-/m0/s1. The van der Waals surface area contributed by atoms with Gasteiger partial charge in [0.1, 0.15) is 21.8 Å². The highest BCUT2D eigenvalue weighted by Gasteiger charge is 2.59. The van der Waals surface area contributed by atoms with Crippen molar-refractivity contribution >= 4 is 27.3 Å². The molecule has 1 aromatic rings. The predicted octanol–water partition coefficient (Wildman–Crippen LogP) is 1.60. The fourth-order valence-electron chi connectivity index (χ4n) is 3.03. The van der Waals surface area contributed by atoms with Gasteiger partial charge in [0.25, 0.3) is 0 Å². The average molecular weight is 359 g/mol. The van der Waals surface area contributed by atoms with E-state index in [1.807, 2.05) is 0 Å². The number of amidine groups is 1. The molecule has 2 aliphatic rings. The number of nitrogens with two attached hydrogens (primary N) is 1. The lowest BCUT2D eigenvalue weighted by Gasteiger charge is -2.39. The van der Waals surface area contributed by atoms with E-state index in [-0.39, 0.29) is 22.7 Å². The van der Waals surface area contributed by atoms with E-state index >= 15 is 0 Å². The Bertz CT molecular complexity index is 824. The zero-order valence-electron chi connectivity index (χ0n) is 12.5. The summed E-state index contributed by atoms with van der Waals surface area (Å²) in [6.45, 7) is 5.19. The number of sulfone groups is 1. The van der Waals surface area contributed by atoms with E-state index in [1.54, 1.807) is 6.92 Å². The monoisotopic (exact) mass is 358 g/mol. The Kier molecular flexibility index (Phi) is 3.53. The molecular formula is C14H16ClFN4O2S. The van der Waals surface area contributed by atoms with Crippen LogP contribution in [-0.2, 0) is 15.4 Å². The van der Waals surface area contributed by atoms with Gasteiger partial charge in [0.05, 0.1) is 11.9 Å². The molecule has 1 saturated carbocycles. The van der Waals surface area contributed by atoms with Gasteiger partial charge in [-0.15, -0.1) is 6.58 Å². The second kappa shape index (κ2) is 4.98. The summed E-state index contributed by atoms with van der Waals surface area (Å²) in [6, 6.07) is 0. The van der Waals surface area contributed by atoms with Crippen molar-refractivity contribution < 1.29 is 12.8 Å². The third-order valence-electron chi connectivity index (χ3n) is 4.70. The zero-order valence-corrected chi connectivity index (χ0v) is 14.0. The minimum Gasteiger partial charge on any atom is -0.386 e. The van der Waals surface area contributed by atoms with Crippen molar-refractivity contribution in [2.75, 3.05) is 5.75 Å². The Balaban J connectivity index is 2.24. The smallest absolute Gasteiger partial charge is 0.222 e. The van der Waals surface area contributed by atoms with Crippen LogP contribution < -0.4 is 5.73 Å². The van der Waals surface area contributed by atoms with Gasteiger partial charge in [-0.05, 0) is 37.3 Å². The molecule has 1 aliphatic heterocycles. The normalized spacial score (nSPS) is 33.1. The first-order valence-corrected chi connectivity index (χ1v) is 9.09. The topological polar surface area (TPSA) is 98.3 Å². The highest BCUT2D eigenvalue weighted by molar-refractivity contribution is 7.93. The molecule has 1 aliphatic carbocycles. The van der Waals surface area contributed by atoms with Gasteiger partial charge < -0.3 is 5.73 Å². The summed E-state index contributed by atoms with van der Waals surface area (Å²) >= 11 is 5.73. The summed E-state index contributed by atoms with van der Waals surface area (Å²) in [5.74, 6) is -1.36. The van der Waals surface area contributed by atoms with Crippen LogP contribution in [0, 0.1) is 11.7 Å². The van der Waals surface area contributed by atoms with E-state index in [1.165, 1.54) is 6.08 Å². The number of rotatable bonds is 3. The van der Waals surface area contributed by atoms with Gasteiger partial charge in [0.15, 0.2) is 15.7 Å². The van der Waals surface area contributed by atoms with Crippen molar-refractivity contribution in [3.8, 4) is 0 Å². The van der Waals surface area contributed by atoms with E-state index in [0.29, 0.717) is 0 Å². The molecule has 6 nitrogen and oxygen atoms in total. The largest absolute Gasteiger partial charge is 0.386 e. The average Bonchev–Trinajstić information content (AvgIpc) is 3.31. The van der Waals surface area contributed by atoms with Crippen LogP contribution in [-0.4, -0.2) is 34.7 Å². The maximum absolute atomic E-state index is 14.2. The summed E-state index contributed by atoms with van der Waals surface area (Å²) < 4.78 is 38.8. The zero-order chi connectivity index (χ0) is 17.0. The summed E-state index contributed by atoms with van der Waals surface area (Å²) in [7, 11) is -3.70. The van der Waals surface area contributed by atoms with Gasteiger partial charge in [0.2, 0.25) is 5.28 Å². The SMILES string of the molecule is C=C[C@@]1(c2nc(Cl)ncc2F)CS(=O)(=O)[C@@](C)(C2CC2)C(N)=N1. The Morgan fingerprint density at radius 2 is 2.17 bits per heavy atom. The molecule has 9 heteroatoms. The van der Waals surface area contributed by atoms with Crippen LogP contribution in [0.25, 0.3) is 0 Å². The van der Waals surface area contributed by atoms with Gasteiger partial charge in [-0.3, -0.25) is 4.99 Å². The number of aliphatic imine (C=N–C) groups is 1. The van der Waals surface area contributed by atoms with Crippen LogP contribution in [0.5, 0.6) is 0 Å². The maximum atomic E-state index is 14.2. The molecule has 2 atom stereocenters. The molecule has 2 heterocycles. The van der Waals surface area contributed by atoms with Gasteiger partial charge in [-0.25, -0.2) is 22.8 Å². The van der Waals surface area contributed by atoms with Crippen LogP contribution >= 0.6 is 11.6 Å². The molecule has 0 saturated heterocycles. The molecule has 0 bridgehead atoms. The quantitative estimate of drug-likeness (QED) is 0.653. The predicted molar refractivity (Wildman–Crippen MR) is 85.4 cm³/mol. The summed E-state index contributed by atoms with van der Waals surface area (Å²) in [6.07, 6.45) is 3.68. The molecule has 0 radical (unpaired) electrons. The number of hydrogen-bond donors (Lipinski definition) is 1. The lowest BCUT2D eigenvalue weighted by molar-refractivity contribution is 0.480. The van der Waals surface area contributed by atoms with Crippen LogP contribution in [0.1, 0.15) is 25.5 Å². The highest BCUT2D eigenvalue weighted by atomic mass is 35.5. The van der Waals surface area contributed by atoms with Crippen LogP contribution in [0.2, 0.25) is 5.28 Å². The molecule has 2 N–H and O–H groups in total. The molecule has 0 aromatic carbocycles. The van der Waals surface area contributed by atoms with E-state index in [0.717, 1.165) is 19.0 Å². The van der Waals surface area contributed by atoms with Gasteiger partial charge in [-0.1, -0.05) is 6.08 Å². The molecule has 23 heavy (non-hydrogen) atoms. The van der Waals surface area contributed by atoms with E-state index in [4.69, 9.17) is 17.3 Å².